The summed E-state index contributed by atoms with van der Waals surface area (Å²) in [7, 11) is 0. The van der Waals surface area contributed by atoms with Crippen molar-refractivity contribution in [2.45, 2.75) is 6.54 Å². The van der Waals surface area contributed by atoms with Gasteiger partial charge in [0, 0.05) is 12.2 Å². The summed E-state index contributed by atoms with van der Waals surface area (Å²) < 4.78 is 0. The van der Waals surface area contributed by atoms with Crippen molar-refractivity contribution in [1.82, 2.24) is 0 Å². The third-order valence-electron chi connectivity index (χ3n) is 1.82. The lowest BCUT2D eigenvalue weighted by molar-refractivity contribution is 0.0697. The van der Waals surface area contributed by atoms with Crippen LogP contribution >= 0.6 is 0 Å². The molecule has 2 rings (SSSR count). The highest BCUT2D eigenvalue weighted by Gasteiger charge is 2.13. The van der Waals surface area contributed by atoms with E-state index in [9.17, 15) is 4.79 Å². The minimum atomic E-state index is -0.861. The molecule has 0 saturated heterocycles. The number of anilines is 1. The van der Waals surface area contributed by atoms with Crippen molar-refractivity contribution in [1.29, 1.82) is 0 Å². The van der Waals surface area contributed by atoms with Crippen molar-refractivity contribution in [3.05, 3.63) is 29.3 Å². The van der Waals surface area contributed by atoms with E-state index in [0.29, 0.717) is 5.56 Å². The number of hydrogen-bond donors (Lipinski definition) is 2. The first kappa shape index (κ1) is 6.22. The maximum Gasteiger partial charge on any atom is 0.335 e. The molecule has 0 aliphatic carbocycles. The van der Waals surface area contributed by atoms with E-state index in [4.69, 9.17) is 5.11 Å². The second-order valence-electron chi connectivity index (χ2n) is 2.53. The minimum Gasteiger partial charge on any atom is -0.478 e. The van der Waals surface area contributed by atoms with E-state index >= 15 is 0 Å². The fourth-order valence-corrected chi connectivity index (χ4v) is 1.13. The molecule has 56 valence electrons. The molecule has 0 atom stereocenters. The Kier molecular flexibility index (Phi) is 1.12. The van der Waals surface area contributed by atoms with E-state index in [1.54, 1.807) is 18.2 Å². The summed E-state index contributed by atoms with van der Waals surface area (Å²) in [6, 6.07) is 5.10. The van der Waals surface area contributed by atoms with Gasteiger partial charge in [0.15, 0.2) is 0 Å². The van der Waals surface area contributed by atoms with E-state index in [1.165, 1.54) is 0 Å². The number of carbonyl (C=O) groups is 1. The topological polar surface area (TPSA) is 49.3 Å². The van der Waals surface area contributed by atoms with Crippen LogP contribution in [-0.4, -0.2) is 11.1 Å². The fraction of sp³-hybridized carbons (Fsp3) is 0.125. The highest BCUT2D eigenvalue weighted by molar-refractivity contribution is 5.89. The quantitative estimate of drug-likeness (QED) is 0.632. The van der Waals surface area contributed by atoms with E-state index < -0.39 is 5.97 Å². The Bertz CT molecular complexity index is 320. The van der Waals surface area contributed by atoms with Crippen LogP contribution in [0.4, 0.5) is 5.69 Å². The van der Waals surface area contributed by atoms with Gasteiger partial charge in [-0.15, -0.1) is 0 Å². The van der Waals surface area contributed by atoms with Crippen LogP contribution in [0.3, 0.4) is 0 Å². The number of fused-ring (bicyclic) bond motifs is 1. The van der Waals surface area contributed by atoms with Gasteiger partial charge in [0.1, 0.15) is 0 Å². The number of hydrogen-bond acceptors (Lipinski definition) is 2. The zero-order valence-electron chi connectivity index (χ0n) is 5.79. The maximum atomic E-state index is 10.5. The molecule has 0 amide bonds. The summed E-state index contributed by atoms with van der Waals surface area (Å²) in [6.07, 6.45) is 0. The molecule has 1 aliphatic heterocycles. The van der Waals surface area contributed by atoms with Crippen LogP contribution in [0.2, 0.25) is 0 Å². The Morgan fingerprint density at radius 3 is 2.82 bits per heavy atom. The zero-order chi connectivity index (χ0) is 7.84. The van der Waals surface area contributed by atoms with Gasteiger partial charge in [-0.1, -0.05) is 0 Å². The van der Waals surface area contributed by atoms with E-state index in [1.807, 2.05) is 0 Å². The van der Waals surface area contributed by atoms with E-state index in [-0.39, 0.29) is 0 Å². The molecule has 0 bridgehead atoms. The van der Waals surface area contributed by atoms with Gasteiger partial charge in [-0.05, 0) is 23.8 Å². The molecule has 3 heteroatoms. The maximum absolute atomic E-state index is 10.5. The molecule has 0 fully saturated rings. The van der Waals surface area contributed by atoms with Gasteiger partial charge in [-0.2, -0.15) is 0 Å². The first-order chi connectivity index (χ1) is 5.27. The van der Waals surface area contributed by atoms with Crippen molar-refractivity contribution in [2.75, 3.05) is 5.32 Å². The first-order valence-electron chi connectivity index (χ1n) is 3.37. The van der Waals surface area contributed by atoms with Crippen LogP contribution in [0.1, 0.15) is 15.9 Å². The van der Waals surface area contributed by atoms with Crippen molar-refractivity contribution >= 4 is 11.7 Å². The molecule has 1 aromatic rings. The normalized spacial score (nSPS) is 12.7. The first-order valence-corrected chi connectivity index (χ1v) is 3.37. The molecule has 1 aliphatic rings. The Labute approximate surface area is 63.7 Å². The lowest BCUT2D eigenvalue weighted by atomic mass is 10.0. The van der Waals surface area contributed by atoms with E-state index in [0.717, 1.165) is 17.8 Å². The molecular formula is C8H7NO2. The number of carboxylic acids is 1. The number of aromatic carboxylic acids is 1. The Morgan fingerprint density at radius 1 is 1.55 bits per heavy atom. The molecule has 1 aromatic carbocycles. The SMILES string of the molecule is O=C(O)c1ccc2c(c1)CN2. The number of benzene rings is 1. The van der Waals surface area contributed by atoms with Gasteiger partial charge in [-0.3, -0.25) is 0 Å². The molecule has 0 aromatic heterocycles. The molecule has 0 radical (unpaired) electrons. The van der Waals surface area contributed by atoms with Crippen LogP contribution < -0.4 is 5.32 Å². The molecule has 2 N–H and O–H groups in total. The van der Waals surface area contributed by atoms with Gasteiger partial charge in [-0.25, -0.2) is 4.79 Å². The van der Waals surface area contributed by atoms with Crippen molar-refractivity contribution in [3.8, 4) is 0 Å². The lowest BCUT2D eigenvalue weighted by Gasteiger charge is -2.21. The van der Waals surface area contributed by atoms with Gasteiger partial charge >= 0.3 is 5.97 Å². The Balaban J connectivity index is 2.46. The summed E-state index contributed by atoms with van der Waals surface area (Å²) in [5.74, 6) is -0.861. The van der Waals surface area contributed by atoms with Gasteiger partial charge < -0.3 is 10.4 Å². The fourth-order valence-electron chi connectivity index (χ4n) is 1.13. The van der Waals surface area contributed by atoms with Crippen molar-refractivity contribution in [2.24, 2.45) is 0 Å². The Hall–Kier alpha value is -1.51. The van der Waals surface area contributed by atoms with Crippen molar-refractivity contribution in [3.63, 3.8) is 0 Å². The third kappa shape index (κ3) is 0.852. The molecule has 0 spiro atoms. The number of nitrogens with one attached hydrogen (secondary N) is 1. The van der Waals surface area contributed by atoms with E-state index in [2.05, 4.69) is 5.32 Å². The summed E-state index contributed by atoms with van der Waals surface area (Å²) in [5, 5.41) is 11.7. The molecule has 0 saturated carbocycles. The second kappa shape index (κ2) is 1.99. The molecule has 11 heavy (non-hydrogen) atoms. The van der Waals surface area contributed by atoms with Gasteiger partial charge in [0.2, 0.25) is 0 Å². The molecular weight excluding hydrogens is 142 g/mol. The van der Waals surface area contributed by atoms with Gasteiger partial charge in [0.05, 0.1) is 5.56 Å². The predicted octanol–water partition coefficient (Wildman–Crippen LogP) is 1.31. The highest BCUT2D eigenvalue weighted by atomic mass is 16.4. The lowest BCUT2D eigenvalue weighted by Crippen LogP contribution is -2.14. The predicted molar refractivity (Wildman–Crippen MR) is 40.7 cm³/mol. The highest BCUT2D eigenvalue weighted by Crippen LogP contribution is 2.25. The van der Waals surface area contributed by atoms with Gasteiger partial charge in [0.25, 0.3) is 0 Å². The van der Waals surface area contributed by atoms with Crippen LogP contribution in [0.25, 0.3) is 0 Å². The minimum absolute atomic E-state index is 0.366. The Morgan fingerprint density at radius 2 is 2.36 bits per heavy atom. The average Bonchev–Trinajstić information content (AvgIpc) is 1.91. The second-order valence-corrected chi connectivity index (χ2v) is 2.53. The average molecular weight is 149 g/mol. The molecule has 0 unspecified atom stereocenters. The summed E-state index contributed by atoms with van der Waals surface area (Å²) in [6.45, 7) is 0.788. The number of carboxylic acid groups (broad SMARTS) is 1. The zero-order valence-corrected chi connectivity index (χ0v) is 5.79. The molecule has 1 heterocycles. The largest absolute Gasteiger partial charge is 0.478 e. The van der Waals surface area contributed by atoms with Crippen LogP contribution in [0.5, 0.6) is 0 Å². The van der Waals surface area contributed by atoms with Crippen molar-refractivity contribution < 1.29 is 9.90 Å². The summed E-state index contributed by atoms with van der Waals surface area (Å²) in [4.78, 5) is 10.5. The standard InChI is InChI=1S/C8H7NO2/c10-8(11)5-1-2-7-6(3-5)4-9-7/h1-3,9H,4H2,(H,10,11). The monoisotopic (exact) mass is 149 g/mol. The smallest absolute Gasteiger partial charge is 0.335 e. The van der Waals surface area contributed by atoms with Crippen LogP contribution in [0.15, 0.2) is 18.2 Å². The number of rotatable bonds is 1. The third-order valence-corrected chi connectivity index (χ3v) is 1.82. The summed E-state index contributed by atoms with van der Waals surface area (Å²) in [5.41, 5.74) is 2.50. The summed E-state index contributed by atoms with van der Waals surface area (Å²) >= 11 is 0. The molecule has 3 nitrogen and oxygen atoms in total. The van der Waals surface area contributed by atoms with Crippen LogP contribution in [0, 0.1) is 0 Å². The van der Waals surface area contributed by atoms with Crippen LogP contribution in [-0.2, 0) is 6.54 Å².